The summed E-state index contributed by atoms with van der Waals surface area (Å²) in [4.78, 5) is 16.5. The molecule has 2 aromatic heterocycles. The highest BCUT2D eigenvalue weighted by Gasteiger charge is 2.20. The summed E-state index contributed by atoms with van der Waals surface area (Å²) in [5, 5.41) is 0. The van der Waals surface area contributed by atoms with Gasteiger partial charge in [-0.15, -0.1) is 0 Å². The van der Waals surface area contributed by atoms with Crippen molar-refractivity contribution in [2.45, 2.75) is 0 Å². The van der Waals surface area contributed by atoms with Crippen LogP contribution in [0.4, 0.5) is 0 Å². The summed E-state index contributed by atoms with van der Waals surface area (Å²) in [6.45, 7) is 0. The zero-order valence-corrected chi connectivity index (χ0v) is 11.7. The van der Waals surface area contributed by atoms with E-state index in [0.717, 1.165) is 5.56 Å². The van der Waals surface area contributed by atoms with E-state index in [0.29, 0.717) is 22.9 Å². The Hall–Kier alpha value is -2.82. The van der Waals surface area contributed by atoms with Gasteiger partial charge in [0, 0.05) is 5.56 Å². The fourth-order valence-electron chi connectivity index (χ4n) is 2.30. The van der Waals surface area contributed by atoms with Gasteiger partial charge in [0.25, 0.3) is 0 Å². The second-order valence-corrected chi connectivity index (χ2v) is 4.43. The molecule has 0 aliphatic heterocycles. The molecule has 2 heterocycles. The third-order valence-electron chi connectivity index (χ3n) is 3.24. The van der Waals surface area contributed by atoms with Crippen LogP contribution in [0.15, 0.2) is 48.5 Å². The molecule has 0 saturated carbocycles. The predicted octanol–water partition coefficient (Wildman–Crippen LogP) is 2.80. The Bertz CT molecular complexity index is 794. The molecule has 0 atom stereocenters. The van der Waals surface area contributed by atoms with E-state index in [2.05, 4.69) is 4.98 Å². The summed E-state index contributed by atoms with van der Waals surface area (Å²) in [5.41, 5.74) is 2.62. The highest BCUT2D eigenvalue weighted by molar-refractivity contribution is 5.89. The molecule has 0 fully saturated rings. The van der Waals surface area contributed by atoms with Crippen molar-refractivity contribution in [2.24, 2.45) is 0 Å². The molecule has 3 aromatic rings. The Morgan fingerprint density at radius 2 is 1.81 bits per heavy atom. The number of benzene rings is 1. The summed E-state index contributed by atoms with van der Waals surface area (Å²) < 4.78 is 12.0. The van der Waals surface area contributed by atoms with Crippen molar-refractivity contribution in [1.82, 2.24) is 9.38 Å². The van der Waals surface area contributed by atoms with Gasteiger partial charge in [0.15, 0.2) is 0 Å². The van der Waals surface area contributed by atoms with Crippen LogP contribution in [-0.2, 0) is 4.74 Å². The van der Waals surface area contributed by atoms with Gasteiger partial charge in [-0.2, -0.15) is 0 Å². The molecule has 5 heteroatoms. The number of carbonyl (C=O) groups excluding carboxylic acids is 1. The topological polar surface area (TPSA) is 52.8 Å². The molecule has 0 amide bonds. The van der Waals surface area contributed by atoms with Crippen LogP contribution in [0.3, 0.4) is 0 Å². The van der Waals surface area contributed by atoms with E-state index in [4.69, 9.17) is 9.47 Å². The minimum atomic E-state index is -0.434. The van der Waals surface area contributed by atoms with Gasteiger partial charge in [0.1, 0.15) is 17.0 Å². The molecule has 1 aromatic carbocycles. The maximum atomic E-state index is 11.9. The second-order valence-electron chi connectivity index (χ2n) is 4.43. The number of esters is 1. The van der Waals surface area contributed by atoms with E-state index in [1.54, 1.807) is 23.6 Å². The Morgan fingerprint density at radius 3 is 2.48 bits per heavy atom. The lowest BCUT2D eigenvalue weighted by Crippen LogP contribution is -2.08. The van der Waals surface area contributed by atoms with Gasteiger partial charge in [-0.25, -0.2) is 9.78 Å². The molecule has 106 valence electrons. The normalized spacial score (nSPS) is 10.6. The number of hydrogen-bond donors (Lipinski definition) is 0. The first kappa shape index (κ1) is 13.2. The van der Waals surface area contributed by atoms with Crippen molar-refractivity contribution in [3.05, 3.63) is 54.2 Å². The number of rotatable bonds is 3. The summed E-state index contributed by atoms with van der Waals surface area (Å²) in [7, 11) is 2.91. The lowest BCUT2D eigenvalue weighted by atomic mass is 10.2. The third-order valence-corrected chi connectivity index (χ3v) is 3.24. The van der Waals surface area contributed by atoms with E-state index in [1.165, 1.54) is 7.11 Å². The molecule has 0 bridgehead atoms. The molecule has 0 saturated heterocycles. The van der Waals surface area contributed by atoms with Crippen LogP contribution in [-0.4, -0.2) is 29.6 Å². The molecule has 0 spiro atoms. The van der Waals surface area contributed by atoms with Gasteiger partial charge in [-0.05, 0) is 12.1 Å². The van der Waals surface area contributed by atoms with E-state index in [-0.39, 0.29) is 0 Å². The standard InChI is InChI=1S/C16H14N2O3/c1-20-15-14(11-7-4-3-5-8-11)17-13-10-6-9-12(18(13)15)16(19)21-2/h3-10H,1-2H3. The zero-order valence-electron chi connectivity index (χ0n) is 11.7. The average Bonchev–Trinajstić information content (AvgIpc) is 2.93. The van der Waals surface area contributed by atoms with Crippen LogP contribution in [0.2, 0.25) is 0 Å². The Kier molecular flexibility index (Phi) is 3.31. The van der Waals surface area contributed by atoms with Crippen LogP contribution in [0.1, 0.15) is 10.5 Å². The second kappa shape index (κ2) is 5.28. The average molecular weight is 282 g/mol. The molecule has 21 heavy (non-hydrogen) atoms. The zero-order chi connectivity index (χ0) is 14.8. The first-order chi connectivity index (χ1) is 10.3. The Labute approximate surface area is 121 Å². The minimum absolute atomic E-state index is 0.376. The fourth-order valence-corrected chi connectivity index (χ4v) is 2.30. The minimum Gasteiger partial charge on any atom is -0.480 e. The van der Waals surface area contributed by atoms with Gasteiger partial charge in [0.05, 0.1) is 14.2 Å². The summed E-state index contributed by atoms with van der Waals surface area (Å²) in [5.74, 6) is 0.0770. The van der Waals surface area contributed by atoms with Gasteiger partial charge in [-0.3, -0.25) is 4.40 Å². The first-order valence-electron chi connectivity index (χ1n) is 6.45. The predicted molar refractivity (Wildman–Crippen MR) is 78.5 cm³/mol. The van der Waals surface area contributed by atoms with Crippen LogP contribution in [0, 0.1) is 0 Å². The molecule has 0 aliphatic rings. The van der Waals surface area contributed by atoms with E-state index in [9.17, 15) is 4.79 Å². The number of fused-ring (bicyclic) bond motifs is 1. The number of pyridine rings is 1. The van der Waals surface area contributed by atoms with Crippen molar-refractivity contribution in [3.63, 3.8) is 0 Å². The largest absolute Gasteiger partial charge is 0.480 e. The molecule has 0 unspecified atom stereocenters. The molecule has 0 radical (unpaired) electrons. The molecule has 5 nitrogen and oxygen atoms in total. The number of hydrogen-bond acceptors (Lipinski definition) is 4. The number of ether oxygens (including phenoxy) is 2. The van der Waals surface area contributed by atoms with E-state index in [1.807, 2.05) is 36.4 Å². The number of nitrogens with zero attached hydrogens (tertiary/aromatic N) is 2. The van der Waals surface area contributed by atoms with Gasteiger partial charge >= 0.3 is 5.97 Å². The van der Waals surface area contributed by atoms with Crippen molar-refractivity contribution >= 4 is 11.6 Å². The van der Waals surface area contributed by atoms with Crippen molar-refractivity contribution in [2.75, 3.05) is 14.2 Å². The molecular weight excluding hydrogens is 268 g/mol. The van der Waals surface area contributed by atoms with Crippen LogP contribution >= 0.6 is 0 Å². The SMILES string of the molecule is COC(=O)c1cccc2nc(-c3ccccc3)c(OC)n12. The van der Waals surface area contributed by atoms with Crippen molar-refractivity contribution in [3.8, 4) is 17.1 Å². The van der Waals surface area contributed by atoms with Crippen LogP contribution < -0.4 is 4.74 Å². The maximum Gasteiger partial charge on any atom is 0.355 e. The molecular formula is C16H14N2O3. The Balaban J connectivity index is 2.32. The van der Waals surface area contributed by atoms with Crippen molar-refractivity contribution < 1.29 is 14.3 Å². The lowest BCUT2D eigenvalue weighted by Gasteiger charge is -2.07. The fraction of sp³-hybridized carbons (Fsp3) is 0.125. The monoisotopic (exact) mass is 282 g/mol. The Morgan fingerprint density at radius 1 is 1.05 bits per heavy atom. The number of aromatic nitrogens is 2. The molecule has 0 N–H and O–H groups in total. The number of methoxy groups -OCH3 is 2. The van der Waals surface area contributed by atoms with Crippen LogP contribution in [0.25, 0.3) is 16.9 Å². The summed E-state index contributed by atoms with van der Waals surface area (Å²) in [6.07, 6.45) is 0. The highest BCUT2D eigenvalue weighted by atomic mass is 16.5. The maximum absolute atomic E-state index is 11.9. The summed E-state index contributed by atoms with van der Waals surface area (Å²) >= 11 is 0. The summed E-state index contributed by atoms with van der Waals surface area (Å²) in [6, 6.07) is 15.0. The number of carbonyl (C=O) groups is 1. The van der Waals surface area contributed by atoms with E-state index < -0.39 is 5.97 Å². The third kappa shape index (κ3) is 2.12. The van der Waals surface area contributed by atoms with Gasteiger partial charge in [0.2, 0.25) is 5.88 Å². The highest BCUT2D eigenvalue weighted by Crippen LogP contribution is 2.31. The van der Waals surface area contributed by atoms with E-state index >= 15 is 0 Å². The number of imidazole rings is 1. The quantitative estimate of drug-likeness (QED) is 0.693. The molecule has 3 rings (SSSR count). The van der Waals surface area contributed by atoms with Crippen LogP contribution in [0.5, 0.6) is 5.88 Å². The molecule has 0 aliphatic carbocycles. The first-order valence-corrected chi connectivity index (χ1v) is 6.45. The smallest absolute Gasteiger partial charge is 0.355 e. The van der Waals surface area contributed by atoms with Crippen molar-refractivity contribution in [1.29, 1.82) is 0 Å². The van der Waals surface area contributed by atoms with Gasteiger partial charge < -0.3 is 9.47 Å². The van der Waals surface area contributed by atoms with Gasteiger partial charge in [-0.1, -0.05) is 36.4 Å². The lowest BCUT2D eigenvalue weighted by molar-refractivity contribution is 0.0591.